The van der Waals surface area contributed by atoms with Crippen LogP contribution in [0.4, 0.5) is 4.39 Å². The van der Waals surface area contributed by atoms with E-state index in [0.717, 1.165) is 15.3 Å². The van der Waals surface area contributed by atoms with Crippen LogP contribution in [0.5, 0.6) is 0 Å². The van der Waals surface area contributed by atoms with Gasteiger partial charge in [-0.25, -0.2) is 4.39 Å². The Morgan fingerprint density at radius 2 is 2.00 bits per heavy atom. The summed E-state index contributed by atoms with van der Waals surface area (Å²) >= 11 is 1.53. The minimum atomic E-state index is -0.431. The third-order valence-corrected chi connectivity index (χ3v) is 5.42. The maximum Gasteiger partial charge on any atom is 0.247 e. The van der Waals surface area contributed by atoms with Gasteiger partial charge in [0.1, 0.15) is 11.9 Å². The molecule has 0 aliphatic carbocycles. The summed E-state index contributed by atoms with van der Waals surface area (Å²) in [6.07, 6.45) is 3.29. The number of benzene rings is 1. The van der Waals surface area contributed by atoms with Crippen molar-refractivity contribution in [2.75, 3.05) is 13.1 Å². The molecular weight excluding hydrogens is 351 g/mol. The fraction of sp³-hybridized carbons (Fsp3) is 0.300. The number of nitrogens with one attached hydrogen (secondary N) is 1. The summed E-state index contributed by atoms with van der Waals surface area (Å²) < 4.78 is 13.0. The second-order valence-corrected chi connectivity index (χ2v) is 7.67. The van der Waals surface area contributed by atoms with Crippen LogP contribution in [-0.2, 0) is 9.59 Å². The second-order valence-electron chi connectivity index (χ2n) is 6.55. The molecule has 3 rings (SSSR count). The predicted octanol–water partition coefficient (Wildman–Crippen LogP) is 3.55. The van der Waals surface area contributed by atoms with E-state index in [1.54, 1.807) is 23.1 Å². The van der Waals surface area contributed by atoms with E-state index in [1.807, 2.05) is 26.0 Å². The Labute approximate surface area is 156 Å². The summed E-state index contributed by atoms with van der Waals surface area (Å²) in [5.41, 5.74) is 0.940. The van der Waals surface area contributed by atoms with E-state index in [4.69, 9.17) is 0 Å². The van der Waals surface area contributed by atoms with Gasteiger partial charge in [-0.2, -0.15) is 0 Å². The standard InChI is InChI=1S/C20H21FN2O2S/c1-13(2)19-20(25)22-11-12-23(19)18(24)10-8-16-7-9-17(26-16)14-3-5-15(21)6-4-14/h3-10,13,19H,11-12H2,1-2H3,(H,22,25). The van der Waals surface area contributed by atoms with Crippen molar-refractivity contribution in [3.05, 3.63) is 53.2 Å². The second kappa shape index (κ2) is 7.83. The number of carbonyl (C=O) groups is 2. The molecule has 1 saturated heterocycles. The number of rotatable bonds is 4. The highest BCUT2D eigenvalue weighted by Crippen LogP contribution is 2.29. The highest BCUT2D eigenvalue weighted by molar-refractivity contribution is 7.16. The minimum Gasteiger partial charge on any atom is -0.353 e. The maximum atomic E-state index is 13.0. The van der Waals surface area contributed by atoms with Crippen molar-refractivity contribution in [3.63, 3.8) is 0 Å². The number of halogens is 1. The molecule has 1 aliphatic rings. The lowest BCUT2D eigenvalue weighted by atomic mass is 9.99. The van der Waals surface area contributed by atoms with Crippen molar-refractivity contribution in [2.24, 2.45) is 5.92 Å². The molecular formula is C20H21FN2O2S. The average Bonchev–Trinajstić information content (AvgIpc) is 3.08. The van der Waals surface area contributed by atoms with Crippen molar-refractivity contribution >= 4 is 29.2 Å². The van der Waals surface area contributed by atoms with Crippen LogP contribution in [0.25, 0.3) is 16.5 Å². The molecule has 1 aromatic carbocycles. The zero-order valence-electron chi connectivity index (χ0n) is 14.7. The smallest absolute Gasteiger partial charge is 0.247 e. The first-order valence-corrected chi connectivity index (χ1v) is 9.39. The molecule has 1 atom stereocenters. The van der Waals surface area contributed by atoms with E-state index >= 15 is 0 Å². The summed E-state index contributed by atoms with van der Waals surface area (Å²) in [5.74, 6) is -0.459. The zero-order chi connectivity index (χ0) is 18.7. The lowest BCUT2D eigenvalue weighted by molar-refractivity contribution is -0.141. The monoisotopic (exact) mass is 372 g/mol. The van der Waals surface area contributed by atoms with E-state index < -0.39 is 6.04 Å². The summed E-state index contributed by atoms with van der Waals surface area (Å²) in [6.45, 7) is 4.87. The van der Waals surface area contributed by atoms with E-state index in [9.17, 15) is 14.0 Å². The van der Waals surface area contributed by atoms with Gasteiger partial charge in [0.05, 0.1) is 0 Å². The highest BCUT2D eigenvalue weighted by atomic mass is 32.1. The quantitative estimate of drug-likeness (QED) is 0.835. The largest absolute Gasteiger partial charge is 0.353 e. The Morgan fingerprint density at radius 1 is 1.27 bits per heavy atom. The Kier molecular flexibility index (Phi) is 5.52. The number of piperazine rings is 1. The van der Waals surface area contributed by atoms with Gasteiger partial charge in [0, 0.05) is 28.9 Å². The van der Waals surface area contributed by atoms with Gasteiger partial charge in [0.15, 0.2) is 0 Å². The summed E-state index contributed by atoms with van der Waals surface area (Å²) in [4.78, 5) is 28.2. The first-order chi connectivity index (χ1) is 12.5. The summed E-state index contributed by atoms with van der Waals surface area (Å²) in [6, 6.07) is 9.78. The minimum absolute atomic E-state index is 0.0551. The van der Waals surface area contributed by atoms with E-state index in [2.05, 4.69) is 5.32 Å². The van der Waals surface area contributed by atoms with Crippen molar-refractivity contribution < 1.29 is 14.0 Å². The Morgan fingerprint density at radius 3 is 2.69 bits per heavy atom. The molecule has 1 aromatic heterocycles. The molecule has 1 fully saturated rings. The van der Waals surface area contributed by atoms with Crippen LogP contribution in [0, 0.1) is 11.7 Å². The number of nitrogens with zero attached hydrogens (tertiary/aromatic N) is 1. The Balaban J connectivity index is 1.72. The third kappa shape index (κ3) is 4.02. The maximum absolute atomic E-state index is 13.0. The molecule has 0 spiro atoms. The molecule has 136 valence electrons. The van der Waals surface area contributed by atoms with Crippen molar-refractivity contribution in [2.45, 2.75) is 19.9 Å². The normalized spacial score (nSPS) is 17.8. The number of thiophene rings is 1. The lowest BCUT2D eigenvalue weighted by Gasteiger charge is -2.36. The Bertz CT molecular complexity index is 827. The number of carbonyl (C=O) groups excluding carboxylic acids is 2. The Hall–Kier alpha value is -2.47. The molecule has 0 saturated carbocycles. The molecule has 1 aliphatic heterocycles. The van der Waals surface area contributed by atoms with Crippen LogP contribution in [0.1, 0.15) is 18.7 Å². The fourth-order valence-electron chi connectivity index (χ4n) is 3.06. The number of hydrogen-bond donors (Lipinski definition) is 1. The van der Waals surface area contributed by atoms with E-state index in [-0.39, 0.29) is 23.5 Å². The van der Waals surface area contributed by atoms with Crippen molar-refractivity contribution in [3.8, 4) is 10.4 Å². The van der Waals surface area contributed by atoms with Gasteiger partial charge in [-0.3, -0.25) is 9.59 Å². The van der Waals surface area contributed by atoms with Crippen LogP contribution in [0.3, 0.4) is 0 Å². The fourth-order valence-corrected chi connectivity index (χ4v) is 3.97. The number of amides is 2. The first kappa shape index (κ1) is 18.3. The van der Waals surface area contributed by atoms with Crippen LogP contribution in [0.2, 0.25) is 0 Å². The molecule has 0 bridgehead atoms. The van der Waals surface area contributed by atoms with Gasteiger partial charge in [0.25, 0.3) is 0 Å². The molecule has 1 N–H and O–H groups in total. The van der Waals surface area contributed by atoms with Crippen LogP contribution in [-0.4, -0.2) is 35.8 Å². The summed E-state index contributed by atoms with van der Waals surface area (Å²) in [5, 5.41) is 2.82. The van der Waals surface area contributed by atoms with E-state index in [1.165, 1.54) is 29.5 Å². The number of hydrogen-bond acceptors (Lipinski definition) is 3. The zero-order valence-corrected chi connectivity index (χ0v) is 15.6. The van der Waals surface area contributed by atoms with Gasteiger partial charge < -0.3 is 10.2 Å². The third-order valence-electron chi connectivity index (χ3n) is 4.32. The van der Waals surface area contributed by atoms with Gasteiger partial charge in [-0.15, -0.1) is 11.3 Å². The molecule has 1 unspecified atom stereocenters. The van der Waals surface area contributed by atoms with Crippen LogP contribution < -0.4 is 5.32 Å². The molecule has 2 aromatic rings. The summed E-state index contributed by atoms with van der Waals surface area (Å²) in [7, 11) is 0. The molecule has 0 radical (unpaired) electrons. The first-order valence-electron chi connectivity index (χ1n) is 8.58. The van der Waals surface area contributed by atoms with Crippen molar-refractivity contribution in [1.82, 2.24) is 10.2 Å². The molecule has 4 nitrogen and oxygen atoms in total. The van der Waals surface area contributed by atoms with Gasteiger partial charge in [-0.1, -0.05) is 26.0 Å². The van der Waals surface area contributed by atoms with Crippen LogP contribution >= 0.6 is 11.3 Å². The van der Waals surface area contributed by atoms with E-state index in [0.29, 0.717) is 13.1 Å². The molecule has 6 heteroatoms. The van der Waals surface area contributed by atoms with Gasteiger partial charge in [0.2, 0.25) is 11.8 Å². The lowest BCUT2D eigenvalue weighted by Crippen LogP contribution is -2.58. The van der Waals surface area contributed by atoms with Gasteiger partial charge >= 0.3 is 0 Å². The topological polar surface area (TPSA) is 49.4 Å². The van der Waals surface area contributed by atoms with Crippen molar-refractivity contribution in [1.29, 1.82) is 0 Å². The van der Waals surface area contributed by atoms with Gasteiger partial charge in [-0.05, 0) is 41.8 Å². The molecule has 2 heterocycles. The SMILES string of the molecule is CC(C)C1C(=O)NCCN1C(=O)C=Cc1ccc(-c2ccc(F)cc2)s1. The van der Waals surface area contributed by atoms with Crippen LogP contribution in [0.15, 0.2) is 42.5 Å². The average molecular weight is 372 g/mol. The molecule has 26 heavy (non-hydrogen) atoms. The molecule has 2 amide bonds. The predicted molar refractivity (Wildman–Crippen MR) is 102 cm³/mol. The highest BCUT2D eigenvalue weighted by Gasteiger charge is 2.34.